The average Bonchev–Trinajstić information content (AvgIpc) is 2.87. The van der Waals surface area contributed by atoms with Crippen LogP contribution in [0.25, 0.3) is 0 Å². The first-order valence-corrected chi connectivity index (χ1v) is 14.8. The van der Waals surface area contributed by atoms with Crippen LogP contribution in [0, 0.1) is 17.3 Å². The lowest BCUT2D eigenvalue weighted by Crippen LogP contribution is -2.46. The van der Waals surface area contributed by atoms with E-state index in [1.54, 1.807) is 0 Å². The number of esters is 2. The lowest BCUT2D eigenvalue weighted by atomic mass is 9.83. The van der Waals surface area contributed by atoms with Gasteiger partial charge in [-0.1, -0.05) is 27.7 Å². The van der Waals surface area contributed by atoms with E-state index in [4.69, 9.17) is 14.2 Å². The van der Waals surface area contributed by atoms with Gasteiger partial charge in [0.05, 0.1) is 32.8 Å². The van der Waals surface area contributed by atoms with E-state index in [2.05, 4.69) is 51.3 Å². The van der Waals surface area contributed by atoms with Gasteiger partial charge in [0.15, 0.2) is 0 Å². The van der Waals surface area contributed by atoms with Crippen molar-refractivity contribution in [3.63, 3.8) is 0 Å². The van der Waals surface area contributed by atoms with Crippen LogP contribution in [0.15, 0.2) is 0 Å². The Morgan fingerprint density at radius 3 is 1.92 bits per heavy atom. The minimum Gasteiger partial charge on any atom is -0.465 e. The first-order valence-electron chi connectivity index (χ1n) is 14.8. The number of nitrogens with zero attached hydrogens (tertiary/aromatic N) is 2. The second-order valence-corrected chi connectivity index (χ2v) is 13.0. The summed E-state index contributed by atoms with van der Waals surface area (Å²) < 4.78 is 16.7. The van der Waals surface area contributed by atoms with Gasteiger partial charge in [0.2, 0.25) is 0 Å². The Bertz CT molecular complexity index is 661. The van der Waals surface area contributed by atoms with Crippen molar-refractivity contribution in [1.29, 1.82) is 0 Å². The van der Waals surface area contributed by atoms with Crippen molar-refractivity contribution < 1.29 is 23.8 Å². The van der Waals surface area contributed by atoms with E-state index < -0.39 is 0 Å². The fourth-order valence-electron chi connectivity index (χ4n) is 5.08. The SMILES string of the molecule is CCC(C)(C)N(CCCN1CCOCC1)CCC(=O)OCC1CCC(COC(=O)CCC(C)(C)C)CC1. The van der Waals surface area contributed by atoms with E-state index in [9.17, 15) is 9.59 Å². The van der Waals surface area contributed by atoms with Gasteiger partial charge in [0.25, 0.3) is 0 Å². The first kappa shape index (κ1) is 32.0. The monoisotopic (exact) mass is 524 g/mol. The molecule has 0 atom stereocenters. The molecular weight excluding hydrogens is 468 g/mol. The van der Waals surface area contributed by atoms with Gasteiger partial charge in [0.1, 0.15) is 0 Å². The molecule has 2 aliphatic rings. The molecule has 0 aromatic rings. The maximum absolute atomic E-state index is 12.6. The fraction of sp³-hybridized carbons (Fsp3) is 0.933. The molecule has 2 fully saturated rings. The van der Waals surface area contributed by atoms with Gasteiger partial charge in [-0.25, -0.2) is 0 Å². The lowest BCUT2D eigenvalue weighted by molar-refractivity contribution is -0.148. The minimum atomic E-state index is -0.0833. The van der Waals surface area contributed by atoms with Crippen molar-refractivity contribution in [2.45, 2.75) is 105 Å². The number of carbonyl (C=O) groups excluding carboxylic acids is 2. The summed E-state index contributed by atoms with van der Waals surface area (Å²) in [5.41, 5.74) is 0.224. The smallest absolute Gasteiger partial charge is 0.307 e. The minimum absolute atomic E-state index is 0.0693. The molecule has 0 amide bonds. The molecule has 0 unspecified atom stereocenters. The van der Waals surface area contributed by atoms with Crippen molar-refractivity contribution in [2.24, 2.45) is 17.3 Å². The summed E-state index contributed by atoms with van der Waals surface area (Å²) in [6.07, 6.45) is 8.10. The van der Waals surface area contributed by atoms with Crippen LogP contribution in [0.5, 0.6) is 0 Å². The van der Waals surface area contributed by atoms with Crippen molar-refractivity contribution in [3.8, 4) is 0 Å². The van der Waals surface area contributed by atoms with Crippen LogP contribution in [0.4, 0.5) is 0 Å². The van der Waals surface area contributed by atoms with E-state index >= 15 is 0 Å². The summed E-state index contributed by atoms with van der Waals surface area (Å²) in [6, 6.07) is 0. The second-order valence-electron chi connectivity index (χ2n) is 13.0. The van der Waals surface area contributed by atoms with Crippen LogP contribution < -0.4 is 0 Å². The molecule has 1 saturated carbocycles. The van der Waals surface area contributed by atoms with Crippen LogP contribution in [-0.2, 0) is 23.8 Å². The maximum atomic E-state index is 12.6. The van der Waals surface area contributed by atoms with Gasteiger partial charge >= 0.3 is 11.9 Å². The third kappa shape index (κ3) is 13.4. The normalized spacial score (nSPS) is 21.7. The molecule has 1 aliphatic carbocycles. The van der Waals surface area contributed by atoms with Crippen molar-refractivity contribution in [2.75, 3.05) is 59.2 Å². The quantitative estimate of drug-likeness (QED) is 0.269. The Morgan fingerprint density at radius 2 is 1.41 bits per heavy atom. The lowest BCUT2D eigenvalue weighted by Gasteiger charge is -2.38. The molecule has 0 N–H and O–H groups in total. The van der Waals surface area contributed by atoms with Gasteiger partial charge in [-0.3, -0.25) is 19.4 Å². The standard InChI is InChI=1S/C30H56N2O5/c1-7-30(5,6)32(17-8-16-31-19-21-35-22-20-31)18-14-28(34)37-24-26-11-9-25(10-12-26)23-36-27(33)13-15-29(2,3)4/h25-26H,7-24H2,1-6H3. The van der Waals surface area contributed by atoms with Crippen LogP contribution in [0.2, 0.25) is 0 Å². The molecule has 2 rings (SSSR count). The summed E-state index contributed by atoms with van der Waals surface area (Å²) in [5.74, 6) is 0.702. The molecule has 7 nitrogen and oxygen atoms in total. The molecule has 0 spiro atoms. The molecular formula is C30H56N2O5. The van der Waals surface area contributed by atoms with E-state index in [1.807, 2.05) is 0 Å². The highest BCUT2D eigenvalue weighted by Gasteiger charge is 2.27. The average molecular weight is 525 g/mol. The van der Waals surface area contributed by atoms with Crippen LogP contribution in [0.1, 0.15) is 99.3 Å². The number of rotatable bonds is 15. The zero-order valence-electron chi connectivity index (χ0n) is 24.8. The van der Waals surface area contributed by atoms with Gasteiger partial charge in [-0.05, 0) is 89.1 Å². The van der Waals surface area contributed by atoms with Gasteiger partial charge < -0.3 is 14.2 Å². The first-order chi connectivity index (χ1) is 17.5. The van der Waals surface area contributed by atoms with Gasteiger partial charge in [-0.15, -0.1) is 0 Å². The zero-order valence-corrected chi connectivity index (χ0v) is 24.8. The van der Waals surface area contributed by atoms with Crippen LogP contribution in [0.3, 0.4) is 0 Å². The highest BCUT2D eigenvalue weighted by molar-refractivity contribution is 5.69. The Morgan fingerprint density at radius 1 is 0.865 bits per heavy atom. The van der Waals surface area contributed by atoms with Gasteiger partial charge in [-0.2, -0.15) is 0 Å². The molecule has 216 valence electrons. The second kappa shape index (κ2) is 16.0. The summed E-state index contributed by atoms with van der Waals surface area (Å²) >= 11 is 0. The Labute approximate surface area is 226 Å². The van der Waals surface area contributed by atoms with Gasteiger partial charge in [0, 0.05) is 31.6 Å². The molecule has 0 aromatic heterocycles. The molecule has 1 saturated heterocycles. The third-order valence-corrected chi connectivity index (χ3v) is 8.32. The Balaban J connectivity index is 1.62. The van der Waals surface area contributed by atoms with Crippen LogP contribution in [-0.4, -0.2) is 86.4 Å². The Hall–Kier alpha value is -1.18. The molecule has 1 aliphatic heterocycles. The predicted molar refractivity (Wildman–Crippen MR) is 148 cm³/mol. The fourth-order valence-corrected chi connectivity index (χ4v) is 5.08. The summed E-state index contributed by atoms with van der Waals surface area (Å²) in [6.45, 7) is 20.8. The largest absolute Gasteiger partial charge is 0.465 e. The maximum Gasteiger partial charge on any atom is 0.307 e. The zero-order chi connectivity index (χ0) is 27.3. The summed E-state index contributed by atoms with van der Waals surface area (Å²) in [4.78, 5) is 29.5. The third-order valence-electron chi connectivity index (χ3n) is 8.32. The topological polar surface area (TPSA) is 68.3 Å². The summed E-state index contributed by atoms with van der Waals surface area (Å²) in [7, 11) is 0. The molecule has 1 heterocycles. The number of ether oxygens (including phenoxy) is 3. The highest BCUT2D eigenvalue weighted by atomic mass is 16.5. The molecule has 0 aromatic carbocycles. The highest BCUT2D eigenvalue weighted by Crippen LogP contribution is 2.30. The summed E-state index contributed by atoms with van der Waals surface area (Å²) in [5, 5.41) is 0. The van der Waals surface area contributed by atoms with Crippen molar-refractivity contribution in [3.05, 3.63) is 0 Å². The van der Waals surface area contributed by atoms with E-state index in [-0.39, 0.29) is 22.9 Å². The van der Waals surface area contributed by atoms with Crippen molar-refractivity contribution in [1.82, 2.24) is 9.80 Å². The Kier molecular flexibility index (Phi) is 13.9. The van der Waals surface area contributed by atoms with E-state index in [0.717, 1.165) is 90.9 Å². The van der Waals surface area contributed by atoms with Crippen LogP contribution >= 0.6 is 0 Å². The number of hydrogen-bond acceptors (Lipinski definition) is 7. The van der Waals surface area contributed by atoms with Crippen molar-refractivity contribution >= 4 is 11.9 Å². The molecule has 7 heteroatoms. The van der Waals surface area contributed by atoms with E-state index in [0.29, 0.717) is 37.9 Å². The number of morpholine rings is 1. The number of hydrogen-bond donors (Lipinski definition) is 0. The number of carbonyl (C=O) groups is 2. The predicted octanol–water partition coefficient (Wildman–Crippen LogP) is 5.31. The molecule has 37 heavy (non-hydrogen) atoms. The molecule has 0 bridgehead atoms. The molecule has 0 radical (unpaired) electrons. The van der Waals surface area contributed by atoms with E-state index in [1.165, 1.54) is 0 Å².